The highest BCUT2D eigenvalue weighted by atomic mass is 35.5. The Labute approximate surface area is 195 Å². The molecule has 0 unspecified atom stereocenters. The van der Waals surface area contributed by atoms with Crippen molar-refractivity contribution in [3.63, 3.8) is 0 Å². The van der Waals surface area contributed by atoms with Crippen LogP contribution < -0.4 is 10.6 Å². The highest BCUT2D eigenvalue weighted by Gasteiger charge is 2.35. The number of hydrogen-bond acceptors (Lipinski definition) is 4. The SMILES string of the molecule is Cc1cccc(C)c1NC(=O)CN1CCN(CC(=O)Nc2c(Cl)cccc2C(F)(F)F)CC1. The number of nitrogens with one attached hydrogen (secondary N) is 2. The lowest BCUT2D eigenvalue weighted by Gasteiger charge is -2.34. The third-order valence-corrected chi connectivity index (χ3v) is 5.84. The maximum absolute atomic E-state index is 13.2. The van der Waals surface area contributed by atoms with Crippen LogP contribution in [0.1, 0.15) is 16.7 Å². The van der Waals surface area contributed by atoms with Crippen LogP contribution in [-0.2, 0) is 15.8 Å². The maximum Gasteiger partial charge on any atom is 0.418 e. The quantitative estimate of drug-likeness (QED) is 0.648. The molecular weight excluding hydrogens is 457 g/mol. The van der Waals surface area contributed by atoms with Crippen molar-refractivity contribution >= 4 is 34.8 Å². The molecule has 3 rings (SSSR count). The second-order valence-corrected chi connectivity index (χ2v) is 8.48. The van der Waals surface area contributed by atoms with E-state index in [-0.39, 0.29) is 24.0 Å². The van der Waals surface area contributed by atoms with Crippen molar-refractivity contribution in [2.75, 3.05) is 49.9 Å². The van der Waals surface area contributed by atoms with Gasteiger partial charge in [-0.15, -0.1) is 0 Å². The number of alkyl halides is 3. The molecule has 0 aromatic heterocycles. The number of rotatable bonds is 6. The van der Waals surface area contributed by atoms with Crippen molar-refractivity contribution in [1.29, 1.82) is 0 Å². The minimum Gasteiger partial charge on any atom is -0.324 e. The number of para-hydroxylation sites is 2. The van der Waals surface area contributed by atoms with E-state index < -0.39 is 23.3 Å². The van der Waals surface area contributed by atoms with Crippen LogP contribution in [0.2, 0.25) is 5.02 Å². The molecule has 1 fully saturated rings. The molecule has 1 aliphatic rings. The van der Waals surface area contributed by atoms with E-state index in [2.05, 4.69) is 10.6 Å². The lowest BCUT2D eigenvalue weighted by atomic mass is 10.1. The molecular formula is C23H26ClF3N4O2. The summed E-state index contributed by atoms with van der Waals surface area (Å²) in [6.45, 7) is 6.19. The van der Waals surface area contributed by atoms with Gasteiger partial charge in [-0.3, -0.25) is 19.4 Å². The predicted molar refractivity (Wildman–Crippen MR) is 123 cm³/mol. The molecule has 0 radical (unpaired) electrons. The molecule has 1 aliphatic heterocycles. The van der Waals surface area contributed by atoms with Crippen LogP contribution in [0.15, 0.2) is 36.4 Å². The predicted octanol–water partition coefficient (Wildman–Crippen LogP) is 4.17. The van der Waals surface area contributed by atoms with Gasteiger partial charge in [0.15, 0.2) is 0 Å². The van der Waals surface area contributed by atoms with Crippen LogP contribution in [0.3, 0.4) is 0 Å². The lowest BCUT2D eigenvalue weighted by molar-refractivity contribution is -0.137. The van der Waals surface area contributed by atoms with Crippen molar-refractivity contribution in [2.24, 2.45) is 0 Å². The fourth-order valence-corrected chi connectivity index (χ4v) is 3.99. The average molecular weight is 483 g/mol. The molecule has 33 heavy (non-hydrogen) atoms. The number of aryl methyl sites for hydroxylation is 2. The van der Waals surface area contributed by atoms with E-state index in [1.807, 2.05) is 41.8 Å². The Bertz CT molecular complexity index is 1000. The zero-order valence-electron chi connectivity index (χ0n) is 18.4. The van der Waals surface area contributed by atoms with E-state index in [0.29, 0.717) is 26.2 Å². The summed E-state index contributed by atoms with van der Waals surface area (Å²) < 4.78 is 39.6. The summed E-state index contributed by atoms with van der Waals surface area (Å²) in [5, 5.41) is 5.09. The highest BCUT2D eigenvalue weighted by molar-refractivity contribution is 6.34. The van der Waals surface area contributed by atoms with Gasteiger partial charge in [-0.05, 0) is 37.1 Å². The molecule has 178 valence electrons. The number of halogens is 4. The van der Waals surface area contributed by atoms with Crippen LogP contribution in [0.5, 0.6) is 0 Å². The van der Waals surface area contributed by atoms with E-state index in [0.717, 1.165) is 22.9 Å². The molecule has 0 saturated carbocycles. The number of piperazine rings is 1. The van der Waals surface area contributed by atoms with E-state index >= 15 is 0 Å². The molecule has 6 nitrogen and oxygen atoms in total. The van der Waals surface area contributed by atoms with E-state index in [4.69, 9.17) is 11.6 Å². The Morgan fingerprint density at radius 3 is 1.79 bits per heavy atom. The van der Waals surface area contributed by atoms with E-state index in [9.17, 15) is 22.8 Å². The van der Waals surface area contributed by atoms with Crippen molar-refractivity contribution in [3.05, 3.63) is 58.1 Å². The van der Waals surface area contributed by atoms with Gasteiger partial charge in [-0.2, -0.15) is 13.2 Å². The number of amides is 2. The standard InChI is InChI=1S/C23H26ClF3N4O2/c1-15-5-3-6-16(2)21(15)28-19(32)13-30-9-11-31(12-10-30)14-20(33)29-22-17(23(25,26)27)7-4-8-18(22)24/h3-8H,9-14H2,1-2H3,(H,28,32)(H,29,33). The van der Waals surface area contributed by atoms with E-state index in [1.165, 1.54) is 12.1 Å². The van der Waals surface area contributed by atoms with Gasteiger partial charge in [0.25, 0.3) is 0 Å². The first-order chi connectivity index (χ1) is 15.5. The fourth-order valence-electron chi connectivity index (χ4n) is 3.77. The molecule has 1 heterocycles. The Morgan fingerprint density at radius 1 is 0.848 bits per heavy atom. The zero-order chi connectivity index (χ0) is 24.2. The van der Waals surface area contributed by atoms with Crippen LogP contribution in [0.25, 0.3) is 0 Å². The number of nitrogens with zero attached hydrogens (tertiary/aromatic N) is 2. The van der Waals surface area contributed by atoms with Crippen molar-refractivity contribution < 1.29 is 22.8 Å². The van der Waals surface area contributed by atoms with Crippen LogP contribution in [0, 0.1) is 13.8 Å². The minimum absolute atomic E-state index is 0.0645. The maximum atomic E-state index is 13.2. The molecule has 10 heteroatoms. The molecule has 2 N–H and O–H groups in total. The number of carbonyl (C=O) groups is 2. The van der Waals surface area contributed by atoms with Gasteiger partial charge in [0, 0.05) is 31.9 Å². The van der Waals surface area contributed by atoms with Gasteiger partial charge < -0.3 is 10.6 Å². The van der Waals surface area contributed by atoms with Crippen LogP contribution in [-0.4, -0.2) is 60.9 Å². The summed E-state index contributed by atoms with van der Waals surface area (Å²) in [5.41, 5.74) is 1.38. The van der Waals surface area contributed by atoms with Crippen LogP contribution in [0.4, 0.5) is 24.5 Å². The number of benzene rings is 2. The van der Waals surface area contributed by atoms with Gasteiger partial charge in [0.2, 0.25) is 11.8 Å². The molecule has 0 aliphatic carbocycles. The highest BCUT2D eigenvalue weighted by Crippen LogP contribution is 2.38. The molecule has 2 aromatic rings. The zero-order valence-corrected chi connectivity index (χ0v) is 19.2. The Hall–Kier alpha value is -2.62. The lowest BCUT2D eigenvalue weighted by Crippen LogP contribution is -2.50. The first kappa shape index (κ1) is 25.0. The summed E-state index contributed by atoms with van der Waals surface area (Å²) in [5.74, 6) is -0.688. The summed E-state index contributed by atoms with van der Waals surface area (Å²) in [7, 11) is 0. The van der Waals surface area contributed by atoms with Crippen molar-refractivity contribution in [2.45, 2.75) is 20.0 Å². The van der Waals surface area contributed by atoms with Crippen LogP contribution >= 0.6 is 11.6 Å². The smallest absolute Gasteiger partial charge is 0.324 e. The summed E-state index contributed by atoms with van der Waals surface area (Å²) in [6.07, 6.45) is -4.63. The second kappa shape index (κ2) is 10.5. The largest absolute Gasteiger partial charge is 0.418 e. The summed E-state index contributed by atoms with van der Waals surface area (Å²) in [4.78, 5) is 28.7. The average Bonchev–Trinajstić information content (AvgIpc) is 2.73. The Kier molecular flexibility index (Phi) is 7.99. The van der Waals surface area contributed by atoms with E-state index in [1.54, 1.807) is 0 Å². The topological polar surface area (TPSA) is 64.7 Å². The summed E-state index contributed by atoms with van der Waals surface area (Å²) >= 11 is 5.89. The Morgan fingerprint density at radius 2 is 1.30 bits per heavy atom. The monoisotopic (exact) mass is 482 g/mol. The van der Waals surface area contributed by atoms with Gasteiger partial charge in [0.1, 0.15) is 0 Å². The Balaban J connectivity index is 1.49. The first-order valence-electron chi connectivity index (χ1n) is 10.5. The number of anilines is 2. The molecule has 0 bridgehead atoms. The van der Waals surface area contributed by atoms with Gasteiger partial charge >= 0.3 is 6.18 Å². The van der Waals surface area contributed by atoms with Gasteiger partial charge in [-0.25, -0.2) is 0 Å². The van der Waals surface area contributed by atoms with Crippen molar-refractivity contribution in [3.8, 4) is 0 Å². The molecule has 2 amide bonds. The van der Waals surface area contributed by atoms with Crippen molar-refractivity contribution in [1.82, 2.24) is 9.80 Å². The third kappa shape index (κ3) is 6.69. The van der Waals surface area contributed by atoms with Gasteiger partial charge in [0.05, 0.1) is 29.4 Å². The molecule has 0 atom stereocenters. The molecule has 0 spiro atoms. The fraction of sp³-hybridized carbons (Fsp3) is 0.391. The van der Waals surface area contributed by atoms with Gasteiger partial charge in [-0.1, -0.05) is 35.9 Å². The second-order valence-electron chi connectivity index (χ2n) is 8.08. The summed E-state index contributed by atoms with van der Waals surface area (Å²) in [6, 6.07) is 9.18. The first-order valence-corrected chi connectivity index (χ1v) is 10.9. The third-order valence-electron chi connectivity index (χ3n) is 5.53. The molecule has 1 saturated heterocycles. The number of carbonyl (C=O) groups excluding carboxylic acids is 2. The number of hydrogen-bond donors (Lipinski definition) is 2. The normalized spacial score (nSPS) is 15.3. The minimum atomic E-state index is -4.63. The molecule has 2 aromatic carbocycles.